The Bertz CT molecular complexity index is 223. The highest BCUT2D eigenvalue weighted by molar-refractivity contribution is 6.68. The summed E-state index contributed by atoms with van der Waals surface area (Å²) in [6, 6.07) is 0. The van der Waals surface area contributed by atoms with E-state index in [0.717, 1.165) is 12.8 Å². The lowest BCUT2D eigenvalue weighted by Crippen LogP contribution is -2.61. The third kappa shape index (κ3) is 7.30. The van der Waals surface area contributed by atoms with Crippen LogP contribution in [0.3, 0.4) is 0 Å². The van der Waals surface area contributed by atoms with Gasteiger partial charge >= 0.3 is 18.1 Å². The fraction of sp³-hybridized carbons (Fsp3) is 1.00. The van der Waals surface area contributed by atoms with E-state index < -0.39 is 18.1 Å². The molecular formula is C12H34O7Si2. The van der Waals surface area contributed by atoms with Crippen molar-refractivity contribution < 1.29 is 30.7 Å². The average molecular weight is 347 g/mol. The molecule has 0 unspecified atom stereocenters. The molecule has 0 aliphatic rings. The van der Waals surface area contributed by atoms with Crippen molar-refractivity contribution in [3.63, 3.8) is 0 Å². The monoisotopic (exact) mass is 346 g/mol. The van der Waals surface area contributed by atoms with Crippen LogP contribution >= 0.6 is 0 Å². The molecule has 0 aliphatic carbocycles. The van der Waals surface area contributed by atoms with Crippen LogP contribution in [0, 0.1) is 0 Å². The van der Waals surface area contributed by atoms with Gasteiger partial charge in [0.15, 0.2) is 0 Å². The zero-order chi connectivity index (χ0) is 14.9. The van der Waals surface area contributed by atoms with Crippen LogP contribution < -0.4 is 0 Å². The van der Waals surface area contributed by atoms with Gasteiger partial charge in [-0.15, -0.1) is 0 Å². The minimum absolute atomic E-state index is 0. The number of hydrogen-bond acceptors (Lipinski definition) is 7. The van der Waals surface area contributed by atoms with Crippen LogP contribution in [0.25, 0.3) is 0 Å². The van der Waals surface area contributed by atoms with Gasteiger partial charge in [0.25, 0.3) is 0 Å². The average Bonchev–Trinajstić information content (AvgIpc) is 2.49. The van der Waals surface area contributed by atoms with Crippen molar-refractivity contribution in [1.82, 2.24) is 0 Å². The summed E-state index contributed by atoms with van der Waals surface area (Å²) in [4.78, 5) is 0. The Labute approximate surface area is 132 Å². The van der Waals surface area contributed by atoms with Gasteiger partial charge in [0.2, 0.25) is 0 Å². The maximum Gasteiger partial charge on any atom is 0.673 e. The lowest BCUT2D eigenvalue weighted by atomic mass is 10.2. The smallest absolute Gasteiger partial charge is 0.355 e. The molecule has 0 aromatic rings. The van der Waals surface area contributed by atoms with E-state index in [9.17, 15) is 0 Å². The molecule has 0 aromatic heterocycles. The fourth-order valence-electron chi connectivity index (χ4n) is 1.47. The largest absolute Gasteiger partial charge is 0.673 e. The summed E-state index contributed by atoms with van der Waals surface area (Å²) in [5.41, 5.74) is 0. The second kappa shape index (κ2) is 12.7. The van der Waals surface area contributed by atoms with Crippen LogP contribution in [0.2, 0.25) is 0 Å². The van der Waals surface area contributed by atoms with Gasteiger partial charge in [0.05, 0.1) is 6.10 Å². The van der Waals surface area contributed by atoms with E-state index in [1.165, 1.54) is 35.5 Å². The Balaban J connectivity index is -0.00000162. The summed E-state index contributed by atoms with van der Waals surface area (Å²) in [5.74, 6) is 0. The van der Waals surface area contributed by atoms with Crippen molar-refractivity contribution in [3.05, 3.63) is 0 Å². The van der Waals surface area contributed by atoms with Crippen LogP contribution in [-0.4, -0.2) is 59.7 Å². The summed E-state index contributed by atoms with van der Waals surface area (Å²) in [7, 11) is 0.616. The fourth-order valence-corrected chi connectivity index (χ4v) is 6.16. The Morgan fingerprint density at radius 1 is 0.667 bits per heavy atom. The molecular weight excluding hydrogens is 312 g/mol. The van der Waals surface area contributed by atoms with Gasteiger partial charge in [-0.25, -0.2) is 0 Å². The highest BCUT2D eigenvalue weighted by Gasteiger charge is 2.58. The van der Waals surface area contributed by atoms with Gasteiger partial charge in [0.1, 0.15) is 0 Å². The van der Waals surface area contributed by atoms with Crippen molar-refractivity contribution in [1.29, 1.82) is 0 Å². The van der Waals surface area contributed by atoms with Crippen LogP contribution in [0.15, 0.2) is 0 Å². The van der Waals surface area contributed by atoms with E-state index >= 15 is 0 Å². The molecule has 0 aromatic carbocycles. The molecule has 9 heteroatoms. The van der Waals surface area contributed by atoms with Gasteiger partial charge in [-0.1, -0.05) is 28.7 Å². The maximum absolute atomic E-state index is 5.86. The first kappa shape index (κ1) is 26.1. The van der Waals surface area contributed by atoms with Gasteiger partial charge in [-0.05, 0) is 12.8 Å². The highest BCUT2D eigenvalue weighted by Crippen LogP contribution is 2.22. The minimum atomic E-state index is -3.36. The number of hydrogen-bond donors (Lipinski definition) is 0. The predicted octanol–water partition coefficient (Wildman–Crippen LogP) is 2.58. The first-order chi connectivity index (χ1) is 9.00. The van der Waals surface area contributed by atoms with E-state index in [-0.39, 0.29) is 21.0 Å². The first-order valence-electron chi connectivity index (χ1n) is 6.14. The van der Waals surface area contributed by atoms with Gasteiger partial charge in [0, 0.05) is 35.5 Å². The maximum atomic E-state index is 5.86. The summed E-state index contributed by atoms with van der Waals surface area (Å²) in [5, 5.41) is 0. The predicted molar refractivity (Wildman–Crippen MR) is 86.6 cm³/mol. The summed E-state index contributed by atoms with van der Waals surface area (Å²) >= 11 is 0. The molecule has 0 atom stereocenters. The summed E-state index contributed by atoms with van der Waals surface area (Å²) < 4.78 is 37.9. The molecule has 0 fully saturated rings. The Hall–Kier alpha value is 0.154. The topological polar surface area (TPSA) is 64.6 Å². The third-order valence-corrected chi connectivity index (χ3v) is 7.84. The highest BCUT2D eigenvalue weighted by atomic mass is 28.5. The second-order valence-electron chi connectivity index (χ2n) is 3.68. The zero-order valence-electron chi connectivity index (χ0n) is 12.8. The Morgan fingerprint density at radius 3 is 1.24 bits per heavy atom. The van der Waals surface area contributed by atoms with E-state index in [2.05, 4.69) is 0 Å². The molecule has 0 radical (unpaired) electrons. The standard InChI is InChI=1S/C10H26O7Si2.2CH4/c1-8-10(9-2)16-19(14-6,15-7)17-18(11-3,12-4)13-5;;/h10H,8-9H2,1-7H3;2*1H4. The van der Waals surface area contributed by atoms with E-state index in [4.69, 9.17) is 30.7 Å². The molecule has 0 N–H and O–H groups in total. The molecule has 0 rings (SSSR count). The van der Waals surface area contributed by atoms with Gasteiger partial charge < -0.3 is 30.7 Å². The molecule has 0 bridgehead atoms. The lowest BCUT2D eigenvalue weighted by molar-refractivity contribution is -0.0510. The molecule has 21 heavy (non-hydrogen) atoms. The summed E-state index contributed by atoms with van der Waals surface area (Å²) in [6.07, 6.45) is 1.62. The molecule has 0 saturated heterocycles. The first-order valence-corrected chi connectivity index (χ1v) is 9.41. The molecule has 0 aliphatic heterocycles. The Morgan fingerprint density at radius 2 is 1.00 bits per heavy atom. The lowest BCUT2D eigenvalue weighted by Gasteiger charge is -2.34. The molecule has 0 amide bonds. The van der Waals surface area contributed by atoms with Crippen molar-refractivity contribution >= 4 is 18.1 Å². The van der Waals surface area contributed by atoms with Gasteiger partial charge in [-0.2, -0.15) is 0 Å². The van der Waals surface area contributed by atoms with Gasteiger partial charge in [-0.3, -0.25) is 0 Å². The zero-order valence-corrected chi connectivity index (χ0v) is 14.8. The van der Waals surface area contributed by atoms with Crippen LogP contribution in [0.4, 0.5) is 0 Å². The molecule has 0 spiro atoms. The van der Waals surface area contributed by atoms with Crippen LogP contribution in [-0.2, 0) is 30.7 Å². The quantitative estimate of drug-likeness (QED) is 0.533. The number of rotatable bonds is 11. The normalized spacial score (nSPS) is 12.0. The minimum Gasteiger partial charge on any atom is -0.355 e. The van der Waals surface area contributed by atoms with Crippen LogP contribution in [0.5, 0.6) is 0 Å². The van der Waals surface area contributed by atoms with E-state index in [1.54, 1.807) is 0 Å². The second-order valence-corrected chi connectivity index (χ2v) is 8.77. The van der Waals surface area contributed by atoms with E-state index in [0.29, 0.717) is 0 Å². The van der Waals surface area contributed by atoms with Crippen molar-refractivity contribution in [2.24, 2.45) is 0 Å². The van der Waals surface area contributed by atoms with Crippen LogP contribution in [0.1, 0.15) is 41.5 Å². The van der Waals surface area contributed by atoms with Crippen molar-refractivity contribution in [2.75, 3.05) is 35.5 Å². The summed E-state index contributed by atoms with van der Waals surface area (Å²) in [6.45, 7) is 4.04. The SMILES string of the molecule is C.C.CCC(CC)O[Si](OC)(OC)O[Si](OC)(OC)OC. The van der Waals surface area contributed by atoms with Crippen molar-refractivity contribution in [2.45, 2.75) is 47.6 Å². The van der Waals surface area contributed by atoms with Crippen molar-refractivity contribution in [3.8, 4) is 0 Å². The molecule has 0 saturated carbocycles. The Kier molecular flexibility index (Phi) is 15.7. The molecule has 0 heterocycles. The molecule has 7 nitrogen and oxygen atoms in total. The third-order valence-electron chi connectivity index (χ3n) is 2.72. The van der Waals surface area contributed by atoms with E-state index in [1.807, 2.05) is 13.8 Å². The molecule has 132 valence electrons.